The fraction of sp³-hybridized carbons (Fsp3) is 0.320. The number of carbonyl (C=O) groups is 1. The molecule has 0 atom stereocenters. The Morgan fingerprint density at radius 2 is 1.91 bits per heavy atom. The molecular weight excluding hydrogens is 432 g/mol. The van der Waals surface area contributed by atoms with Gasteiger partial charge in [-0.3, -0.25) is 14.2 Å². The van der Waals surface area contributed by atoms with Gasteiger partial charge in [0.2, 0.25) is 5.91 Å². The van der Waals surface area contributed by atoms with Crippen LogP contribution in [0.3, 0.4) is 0 Å². The molecule has 9 nitrogen and oxygen atoms in total. The Hall–Kier alpha value is -4.19. The Morgan fingerprint density at radius 3 is 2.71 bits per heavy atom. The van der Waals surface area contributed by atoms with E-state index in [-0.39, 0.29) is 23.2 Å². The molecule has 34 heavy (non-hydrogen) atoms. The van der Waals surface area contributed by atoms with Gasteiger partial charge in [0.15, 0.2) is 0 Å². The van der Waals surface area contributed by atoms with Gasteiger partial charge in [-0.25, -0.2) is 9.78 Å². The van der Waals surface area contributed by atoms with E-state index in [0.29, 0.717) is 73.0 Å². The van der Waals surface area contributed by atoms with Gasteiger partial charge >= 0.3 is 5.69 Å². The lowest BCUT2D eigenvalue weighted by Crippen LogP contribution is -2.40. The number of nitriles is 1. The van der Waals surface area contributed by atoms with Crippen molar-refractivity contribution in [2.24, 2.45) is 0 Å². The van der Waals surface area contributed by atoms with E-state index < -0.39 is 0 Å². The predicted molar refractivity (Wildman–Crippen MR) is 127 cm³/mol. The number of nitrogens with one attached hydrogen (secondary N) is 2. The van der Waals surface area contributed by atoms with Crippen LogP contribution in [0.15, 0.2) is 52.1 Å². The molecule has 2 aromatic carbocycles. The number of imidazole rings is 1. The van der Waals surface area contributed by atoms with Crippen LogP contribution in [0.1, 0.15) is 43.1 Å². The first kappa shape index (κ1) is 21.6. The van der Waals surface area contributed by atoms with E-state index >= 15 is 0 Å². The molecule has 0 spiro atoms. The van der Waals surface area contributed by atoms with Crippen molar-refractivity contribution in [1.29, 1.82) is 5.26 Å². The summed E-state index contributed by atoms with van der Waals surface area (Å²) in [5.41, 5.74) is 2.25. The number of amides is 1. The second-order valence-corrected chi connectivity index (χ2v) is 8.64. The van der Waals surface area contributed by atoms with Gasteiger partial charge < -0.3 is 14.9 Å². The molecular formula is C25H24N6O3. The number of carbonyl (C=O) groups excluding carboxylic acids is 1. The maximum absolute atomic E-state index is 12.7. The number of rotatable bonds is 5. The Kier molecular flexibility index (Phi) is 5.72. The summed E-state index contributed by atoms with van der Waals surface area (Å²) in [4.78, 5) is 49.5. The van der Waals surface area contributed by atoms with Gasteiger partial charge in [0.05, 0.1) is 33.6 Å². The highest BCUT2D eigenvalue weighted by Crippen LogP contribution is 2.25. The van der Waals surface area contributed by atoms with Crippen LogP contribution in [-0.2, 0) is 11.2 Å². The van der Waals surface area contributed by atoms with Crippen LogP contribution in [0, 0.1) is 11.3 Å². The van der Waals surface area contributed by atoms with Crippen LogP contribution in [0.4, 0.5) is 0 Å². The summed E-state index contributed by atoms with van der Waals surface area (Å²) in [7, 11) is 0. The second-order valence-electron chi connectivity index (χ2n) is 8.64. The summed E-state index contributed by atoms with van der Waals surface area (Å²) in [6.07, 6.45) is 2.89. The molecule has 9 heteroatoms. The van der Waals surface area contributed by atoms with Gasteiger partial charge in [-0.15, -0.1) is 0 Å². The first-order chi connectivity index (χ1) is 16.5. The third kappa shape index (κ3) is 4.10. The van der Waals surface area contributed by atoms with Gasteiger partial charge in [0.1, 0.15) is 5.82 Å². The molecule has 0 radical (unpaired) electrons. The average molecular weight is 457 g/mol. The Labute approximate surface area is 194 Å². The summed E-state index contributed by atoms with van der Waals surface area (Å²) < 4.78 is 1.75. The van der Waals surface area contributed by atoms with Crippen molar-refractivity contribution in [3.63, 3.8) is 0 Å². The highest BCUT2D eigenvalue weighted by Gasteiger charge is 2.26. The SMILES string of the molecule is N#Cc1ccc2c(c1)[nH]c(=O)n2C1CCN(C(=O)CCCc2nc3ccccc3c(=O)[nH]2)CC1. The van der Waals surface area contributed by atoms with Crippen molar-refractivity contribution in [2.75, 3.05) is 13.1 Å². The summed E-state index contributed by atoms with van der Waals surface area (Å²) >= 11 is 0. The summed E-state index contributed by atoms with van der Waals surface area (Å²) in [5.74, 6) is 0.667. The van der Waals surface area contributed by atoms with Crippen LogP contribution in [0.2, 0.25) is 0 Å². The number of likely N-dealkylation sites (tertiary alicyclic amines) is 1. The van der Waals surface area contributed by atoms with Crippen molar-refractivity contribution in [2.45, 2.75) is 38.1 Å². The quantitative estimate of drug-likeness (QED) is 0.477. The lowest BCUT2D eigenvalue weighted by molar-refractivity contribution is -0.132. The molecule has 1 aliphatic heterocycles. The molecule has 0 unspecified atom stereocenters. The number of hydrogen-bond acceptors (Lipinski definition) is 5. The maximum atomic E-state index is 12.7. The number of aromatic amines is 2. The molecule has 172 valence electrons. The van der Waals surface area contributed by atoms with Crippen molar-refractivity contribution >= 4 is 27.8 Å². The molecule has 2 N–H and O–H groups in total. The fourth-order valence-electron chi connectivity index (χ4n) is 4.76. The molecule has 1 saturated heterocycles. The molecule has 5 rings (SSSR count). The number of piperidine rings is 1. The Bertz CT molecular complexity index is 1530. The molecule has 1 amide bonds. The zero-order valence-electron chi connectivity index (χ0n) is 18.6. The minimum absolute atomic E-state index is 0.00473. The Morgan fingerprint density at radius 1 is 1.12 bits per heavy atom. The van der Waals surface area contributed by atoms with E-state index in [0.717, 1.165) is 5.52 Å². The predicted octanol–water partition coefficient (Wildman–Crippen LogP) is 2.62. The second kappa shape index (κ2) is 8.98. The minimum atomic E-state index is -0.188. The maximum Gasteiger partial charge on any atom is 0.326 e. The van der Waals surface area contributed by atoms with Crippen LogP contribution in [-0.4, -0.2) is 43.4 Å². The molecule has 1 aliphatic rings. The van der Waals surface area contributed by atoms with Crippen LogP contribution in [0.5, 0.6) is 0 Å². The monoisotopic (exact) mass is 456 g/mol. The van der Waals surface area contributed by atoms with Crippen molar-refractivity contribution < 1.29 is 4.79 Å². The third-order valence-electron chi connectivity index (χ3n) is 6.49. The highest BCUT2D eigenvalue weighted by molar-refractivity contribution is 5.78. The zero-order valence-corrected chi connectivity index (χ0v) is 18.6. The molecule has 0 aliphatic carbocycles. The standard InChI is InChI=1S/C25H24N6O3/c26-15-16-8-9-21-20(14-16)28-25(34)31(21)17-10-12-30(13-11-17)23(32)7-3-6-22-27-19-5-2-1-4-18(19)24(33)29-22/h1-2,4-5,8-9,14,17H,3,6-7,10-13H2,(H,28,34)(H,27,29,33). The molecule has 2 aromatic heterocycles. The first-order valence-corrected chi connectivity index (χ1v) is 11.4. The average Bonchev–Trinajstić information content (AvgIpc) is 3.18. The minimum Gasteiger partial charge on any atom is -0.343 e. The van der Waals surface area contributed by atoms with Gasteiger partial charge in [-0.05, 0) is 49.6 Å². The fourth-order valence-corrected chi connectivity index (χ4v) is 4.76. The number of aromatic nitrogens is 4. The molecule has 0 bridgehead atoms. The van der Waals surface area contributed by atoms with Crippen LogP contribution in [0.25, 0.3) is 21.9 Å². The number of para-hydroxylation sites is 1. The zero-order chi connectivity index (χ0) is 23.7. The third-order valence-corrected chi connectivity index (χ3v) is 6.49. The summed E-state index contributed by atoms with van der Waals surface area (Å²) in [6, 6.07) is 14.5. The normalized spacial score (nSPS) is 14.5. The van der Waals surface area contributed by atoms with Gasteiger partial charge in [0.25, 0.3) is 5.56 Å². The number of H-pyrrole nitrogens is 2. The van der Waals surface area contributed by atoms with Crippen molar-refractivity contribution in [1.82, 2.24) is 24.4 Å². The first-order valence-electron chi connectivity index (χ1n) is 11.4. The number of fused-ring (bicyclic) bond motifs is 2. The topological polar surface area (TPSA) is 128 Å². The number of nitrogens with zero attached hydrogens (tertiary/aromatic N) is 4. The molecule has 4 aromatic rings. The summed E-state index contributed by atoms with van der Waals surface area (Å²) in [6.45, 7) is 1.17. The Balaban J connectivity index is 1.18. The van der Waals surface area contributed by atoms with Crippen molar-refractivity contribution in [3.05, 3.63) is 74.7 Å². The lowest BCUT2D eigenvalue weighted by Gasteiger charge is -2.32. The van der Waals surface area contributed by atoms with E-state index in [1.54, 1.807) is 34.9 Å². The van der Waals surface area contributed by atoms with Gasteiger partial charge in [-0.1, -0.05) is 12.1 Å². The van der Waals surface area contributed by atoms with Crippen LogP contribution < -0.4 is 11.2 Å². The molecule has 3 heterocycles. The molecule has 1 fully saturated rings. The van der Waals surface area contributed by atoms with E-state index in [4.69, 9.17) is 5.26 Å². The summed E-state index contributed by atoms with van der Waals surface area (Å²) in [5, 5.41) is 9.64. The van der Waals surface area contributed by atoms with Gasteiger partial charge in [-0.2, -0.15) is 5.26 Å². The van der Waals surface area contributed by atoms with E-state index in [1.165, 1.54) is 0 Å². The van der Waals surface area contributed by atoms with E-state index in [1.807, 2.05) is 17.0 Å². The van der Waals surface area contributed by atoms with E-state index in [9.17, 15) is 14.4 Å². The number of hydrogen-bond donors (Lipinski definition) is 2. The smallest absolute Gasteiger partial charge is 0.326 e. The van der Waals surface area contributed by atoms with E-state index in [2.05, 4.69) is 21.0 Å². The van der Waals surface area contributed by atoms with Crippen molar-refractivity contribution in [3.8, 4) is 6.07 Å². The number of benzene rings is 2. The largest absolute Gasteiger partial charge is 0.343 e. The van der Waals surface area contributed by atoms with Crippen LogP contribution >= 0.6 is 0 Å². The lowest BCUT2D eigenvalue weighted by atomic mass is 10.0. The number of aryl methyl sites for hydroxylation is 1. The van der Waals surface area contributed by atoms with Gasteiger partial charge in [0, 0.05) is 32.0 Å². The highest BCUT2D eigenvalue weighted by atomic mass is 16.2. The molecule has 0 saturated carbocycles.